The third kappa shape index (κ3) is 4.34. The van der Waals surface area contributed by atoms with Gasteiger partial charge in [-0.05, 0) is 12.5 Å². The molecule has 0 radical (unpaired) electrons. The number of rotatable bonds is 6. The fraction of sp³-hybridized carbons (Fsp3) is 0.733. The summed E-state index contributed by atoms with van der Waals surface area (Å²) in [7, 11) is 0. The van der Waals surface area contributed by atoms with E-state index in [1.807, 2.05) is 0 Å². The number of ether oxygens (including phenoxy) is 1. The maximum absolute atomic E-state index is 5.71. The molecule has 1 aliphatic rings. The molecule has 1 N–H and O–H groups in total. The second-order valence-corrected chi connectivity index (χ2v) is 5.54. The SMILES string of the molecule is CCC1CN(Cc2ccoc2CNC(C)C)CCO1. The Bertz CT molecular complexity index is 376. The molecule has 0 saturated carbocycles. The summed E-state index contributed by atoms with van der Waals surface area (Å²) < 4.78 is 11.3. The van der Waals surface area contributed by atoms with Crippen molar-refractivity contribution in [3.8, 4) is 0 Å². The monoisotopic (exact) mass is 266 g/mol. The summed E-state index contributed by atoms with van der Waals surface area (Å²) in [6.45, 7) is 11.1. The van der Waals surface area contributed by atoms with Crippen molar-refractivity contribution >= 4 is 0 Å². The van der Waals surface area contributed by atoms with Gasteiger partial charge in [-0.1, -0.05) is 20.8 Å². The van der Waals surface area contributed by atoms with Crippen LogP contribution < -0.4 is 5.32 Å². The fourth-order valence-electron chi connectivity index (χ4n) is 2.37. The molecule has 2 rings (SSSR count). The summed E-state index contributed by atoms with van der Waals surface area (Å²) in [5.74, 6) is 1.06. The number of nitrogens with one attached hydrogen (secondary N) is 1. The summed E-state index contributed by atoms with van der Waals surface area (Å²) in [4.78, 5) is 2.46. The maximum atomic E-state index is 5.71. The standard InChI is InChI=1S/C15H26N2O2/c1-4-14-11-17(6-8-18-14)10-13-5-7-19-15(13)9-16-12(2)3/h5,7,12,14,16H,4,6,8-11H2,1-3H3. The van der Waals surface area contributed by atoms with Gasteiger partial charge in [0.05, 0.1) is 25.5 Å². The van der Waals surface area contributed by atoms with Crippen molar-refractivity contribution in [2.75, 3.05) is 19.7 Å². The second-order valence-electron chi connectivity index (χ2n) is 5.54. The van der Waals surface area contributed by atoms with Crippen LogP contribution in [0.15, 0.2) is 16.7 Å². The largest absolute Gasteiger partial charge is 0.468 e. The summed E-state index contributed by atoms with van der Waals surface area (Å²) in [5.41, 5.74) is 1.30. The van der Waals surface area contributed by atoms with E-state index in [1.165, 1.54) is 5.56 Å². The lowest BCUT2D eigenvalue weighted by molar-refractivity contribution is -0.0326. The molecule has 2 heterocycles. The molecule has 19 heavy (non-hydrogen) atoms. The van der Waals surface area contributed by atoms with Gasteiger partial charge < -0.3 is 14.5 Å². The smallest absolute Gasteiger partial charge is 0.122 e. The topological polar surface area (TPSA) is 37.6 Å². The van der Waals surface area contributed by atoms with E-state index in [1.54, 1.807) is 6.26 Å². The van der Waals surface area contributed by atoms with Crippen molar-refractivity contribution in [2.24, 2.45) is 0 Å². The Morgan fingerprint density at radius 3 is 3.05 bits per heavy atom. The predicted molar refractivity (Wildman–Crippen MR) is 76.0 cm³/mol. The van der Waals surface area contributed by atoms with Crippen LogP contribution in [0, 0.1) is 0 Å². The first-order valence-corrected chi connectivity index (χ1v) is 7.31. The molecule has 108 valence electrons. The Labute approximate surface area is 116 Å². The van der Waals surface area contributed by atoms with Crippen molar-refractivity contribution in [3.63, 3.8) is 0 Å². The van der Waals surface area contributed by atoms with Gasteiger partial charge in [0.25, 0.3) is 0 Å². The van der Waals surface area contributed by atoms with Crippen LogP contribution in [0.1, 0.15) is 38.5 Å². The van der Waals surface area contributed by atoms with Gasteiger partial charge in [0, 0.05) is 31.2 Å². The molecule has 1 fully saturated rings. The van der Waals surface area contributed by atoms with Crippen LogP contribution >= 0.6 is 0 Å². The Balaban J connectivity index is 1.89. The van der Waals surface area contributed by atoms with Crippen LogP contribution in [0.2, 0.25) is 0 Å². The van der Waals surface area contributed by atoms with E-state index >= 15 is 0 Å². The molecule has 0 bridgehead atoms. The quantitative estimate of drug-likeness (QED) is 0.858. The molecule has 0 aromatic carbocycles. The van der Waals surface area contributed by atoms with Gasteiger partial charge in [-0.25, -0.2) is 0 Å². The van der Waals surface area contributed by atoms with Crippen molar-refractivity contribution in [1.82, 2.24) is 10.2 Å². The van der Waals surface area contributed by atoms with Gasteiger partial charge in [0.1, 0.15) is 5.76 Å². The lowest BCUT2D eigenvalue weighted by atomic mass is 10.1. The summed E-state index contributed by atoms with van der Waals surface area (Å²) in [5, 5.41) is 3.41. The van der Waals surface area contributed by atoms with Crippen LogP contribution in [0.5, 0.6) is 0 Å². The molecule has 1 aliphatic heterocycles. The molecule has 4 heteroatoms. The molecule has 1 atom stereocenters. The molecular formula is C15H26N2O2. The van der Waals surface area contributed by atoms with Crippen LogP contribution in [0.25, 0.3) is 0 Å². The summed E-state index contributed by atoms with van der Waals surface area (Å²) >= 11 is 0. The van der Waals surface area contributed by atoms with E-state index in [0.717, 1.165) is 45.0 Å². The van der Waals surface area contributed by atoms with Gasteiger partial charge >= 0.3 is 0 Å². The molecule has 0 aliphatic carbocycles. The van der Waals surface area contributed by atoms with Crippen LogP contribution in [-0.2, 0) is 17.8 Å². The Morgan fingerprint density at radius 1 is 1.47 bits per heavy atom. The Hall–Kier alpha value is -0.840. The van der Waals surface area contributed by atoms with E-state index in [4.69, 9.17) is 9.15 Å². The molecule has 0 amide bonds. The first-order chi connectivity index (χ1) is 9.19. The van der Waals surface area contributed by atoms with Crippen molar-refractivity contribution in [1.29, 1.82) is 0 Å². The maximum Gasteiger partial charge on any atom is 0.122 e. The van der Waals surface area contributed by atoms with E-state index in [0.29, 0.717) is 12.1 Å². The lowest BCUT2D eigenvalue weighted by Crippen LogP contribution is -2.41. The second kappa shape index (κ2) is 7.08. The van der Waals surface area contributed by atoms with E-state index < -0.39 is 0 Å². The lowest BCUT2D eigenvalue weighted by Gasteiger charge is -2.32. The van der Waals surface area contributed by atoms with Crippen molar-refractivity contribution in [3.05, 3.63) is 23.7 Å². The average molecular weight is 266 g/mol. The Morgan fingerprint density at radius 2 is 2.32 bits per heavy atom. The highest BCUT2D eigenvalue weighted by molar-refractivity contribution is 5.17. The molecule has 1 aromatic rings. The minimum Gasteiger partial charge on any atom is -0.468 e. The van der Waals surface area contributed by atoms with Gasteiger partial charge in [0.15, 0.2) is 0 Å². The zero-order chi connectivity index (χ0) is 13.7. The molecule has 1 saturated heterocycles. The van der Waals surface area contributed by atoms with Gasteiger partial charge in [-0.15, -0.1) is 0 Å². The van der Waals surface area contributed by atoms with Crippen LogP contribution in [0.3, 0.4) is 0 Å². The third-order valence-corrected chi connectivity index (χ3v) is 3.58. The van der Waals surface area contributed by atoms with E-state index in [-0.39, 0.29) is 0 Å². The average Bonchev–Trinajstić information content (AvgIpc) is 2.84. The Kier molecular flexibility index (Phi) is 5.43. The third-order valence-electron chi connectivity index (χ3n) is 3.58. The van der Waals surface area contributed by atoms with E-state index in [9.17, 15) is 0 Å². The highest BCUT2D eigenvalue weighted by Crippen LogP contribution is 2.16. The van der Waals surface area contributed by atoms with E-state index in [2.05, 4.69) is 37.1 Å². The number of nitrogens with zero attached hydrogens (tertiary/aromatic N) is 1. The first kappa shape index (κ1) is 14.6. The molecule has 1 aromatic heterocycles. The number of furan rings is 1. The van der Waals surface area contributed by atoms with Gasteiger partial charge in [0.2, 0.25) is 0 Å². The zero-order valence-electron chi connectivity index (χ0n) is 12.3. The normalized spacial score (nSPS) is 21.2. The number of morpholine rings is 1. The van der Waals surface area contributed by atoms with Gasteiger partial charge in [-0.2, -0.15) is 0 Å². The summed E-state index contributed by atoms with van der Waals surface area (Å²) in [6, 6.07) is 2.57. The number of hydrogen-bond donors (Lipinski definition) is 1. The highest BCUT2D eigenvalue weighted by atomic mass is 16.5. The first-order valence-electron chi connectivity index (χ1n) is 7.31. The predicted octanol–water partition coefficient (Wildman–Crippen LogP) is 2.39. The molecule has 4 nitrogen and oxygen atoms in total. The van der Waals surface area contributed by atoms with Crippen molar-refractivity contribution in [2.45, 2.75) is 52.4 Å². The highest BCUT2D eigenvalue weighted by Gasteiger charge is 2.20. The molecular weight excluding hydrogens is 240 g/mol. The molecule has 0 spiro atoms. The van der Waals surface area contributed by atoms with Gasteiger partial charge in [-0.3, -0.25) is 4.90 Å². The molecule has 1 unspecified atom stereocenters. The van der Waals surface area contributed by atoms with Crippen molar-refractivity contribution < 1.29 is 9.15 Å². The number of hydrogen-bond acceptors (Lipinski definition) is 4. The van der Waals surface area contributed by atoms with Crippen LogP contribution in [0.4, 0.5) is 0 Å². The minimum atomic E-state index is 0.387. The van der Waals surface area contributed by atoms with Crippen LogP contribution in [-0.4, -0.2) is 36.7 Å². The zero-order valence-corrected chi connectivity index (χ0v) is 12.3. The minimum absolute atomic E-state index is 0.387. The summed E-state index contributed by atoms with van der Waals surface area (Å²) in [6.07, 6.45) is 3.27. The fourth-order valence-corrected chi connectivity index (χ4v) is 2.37.